The van der Waals surface area contributed by atoms with Crippen LogP contribution in [0, 0.1) is 18.4 Å². The lowest BCUT2D eigenvalue weighted by molar-refractivity contribution is 0.101. The highest BCUT2D eigenvalue weighted by Crippen LogP contribution is 2.33. The van der Waals surface area contributed by atoms with Crippen LogP contribution in [0.4, 0.5) is 5.69 Å². The largest absolute Gasteiger partial charge is 0.406 e. The summed E-state index contributed by atoms with van der Waals surface area (Å²) in [6.07, 6.45) is 11.2. The maximum absolute atomic E-state index is 13.2. The van der Waals surface area contributed by atoms with Gasteiger partial charge in [-0.25, -0.2) is 8.42 Å². The number of likely N-dealkylation sites (tertiary alicyclic amines) is 1. The van der Waals surface area contributed by atoms with Crippen LogP contribution in [0.1, 0.15) is 32.6 Å². The quantitative estimate of drug-likeness (QED) is 0.325. The van der Waals surface area contributed by atoms with Crippen LogP contribution in [0.25, 0.3) is 10.4 Å². The number of benzene rings is 1. The van der Waals surface area contributed by atoms with Gasteiger partial charge in [-0.2, -0.15) is 4.31 Å². The molecule has 3 rings (SSSR count). The van der Waals surface area contributed by atoms with Gasteiger partial charge >= 0.3 is 0 Å². The summed E-state index contributed by atoms with van der Waals surface area (Å²) in [7, 11) is -3.81. The lowest BCUT2D eigenvalue weighted by atomic mass is 9.95. The summed E-state index contributed by atoms with van der Waals surface area (Å²) in [5.41, 5.74) is 8.83. The van der Waals surface area contributed by atoms with E-state index in [0.29, 0.717) is 19.1 Å². The molecule has 0 unspecified atom stereocenters. The van der Waals surface area contributed by atoms with Gasteiger partial charge in [0.15, 0.2) is 5.75 Å². The van der Waals surface area contributed by atoms with Gasteiger partial charge in [-0.3, -0.25) is 0 Å². The summed E-state index contributed by atoms with van der Waals surface area (Å²) in [4.78, 5) is 5.14. The summed E-state index contributed by atoms with van der Waals surface area (Å²) in [5, 5.41) is 3.49. The van der Waals surface area contributed by atoms with E-state index in [4.69, 9.17) is 16.7 Å². The minimum absolute atomic E-state index is 0.0616. The van der Waals surface area contributed by atoms with Crippen molar-refractivity contribution in [1.82, 2.24) is 9.21 Å². The zero-order chi connectivity index (χ0) is 20.1. The number of azide groups is 1. The number of ether oxygens (including phenoxy) is 1. The second-order valence-electron chi connectivity index (χ2n) is 7.39. The zero-order valence-corrected chi connectivity index (χ0v) is 16.8. The third kappa shape index (κ3) is 4.42. The summed E-state index contributed by atoms with van der Waals surface area (Å²) in [5.74, 6) is 0.834. The number of piperidine rings is 2. The Bertz CT molecular complexity index is 889. The SMILES string of the molecule is C#COc1ccc(N=[N+]=[N-])cc1S(=O)(=O)N1CCC(N2CCC(C)CC2)CC1. The van der Waals surface area contributed by atoms with E-state index >= 15 is 0 Å². The molecule has 0 aliphatic carbocycles. The number of sulfonamides is 1. The number of hydrogen-bond acceptors (Lipinski definition) is 5. The predicted molar refractivity (Wildman–Crippen MR) is 106 cm³/mol. The minimum atomic E-state index is -3.81. The first-order valence-electron chi connectivity index (χ1n) is 9.51. The molecule has 28 heavy (non-hydrogen) atoms. The molecule has 0 radical (unpaired) electrons. The van der Waals surface area contributed by atoms with Crippen LogP contribution in [0.15, 0.2) is 28.2 Å². The van der Waals surface area contributed by atoms with Gasteiger partial charge in [0.1, 0.15) is 11.0 Å². The van der Waals surface area contributed by atoms with Gasteiger partial charge in [0, 0.05) is 29.7 Å². The van der Waals surface area contributed by atoms with Gasteiger partial charge in [-0.15, -0.1) is 0 Å². The maximum atomic E-state index is 13.2. The number of hydrogen-bond donors (Lipinski definition) is 0. The fraction of sp³-hybridized carbons (Fsp3) is 0.579. The van der Waals surface area contributed by atoms with Crippen molar-refractivity contribution < 1.29 is 13.2 Å². The van der Waals surface area contributed by atoms with Crippen molar-refractivity contribution in [2.45, 2.75) is 43.5 Å². The van der Waals surface area contributed by atoms with Gasteiger partial charge < -0.3 is 9.64 Å². The Morgan fingerprint density at radius 3 is 2.50 bits per heavy atom. The van der Waals surface area contributed by atoms with Crippen LogP contribution in [0.3, 0.4) is 0 Å². The third-order valence-electron chi connectivity index (χ3n) is 5.63. The van der Waals surface area contributed by atoms with Gasteiger partial charge in [0.25, 0.3) is 0 Å². The summed E-state index contributed by atoms with van der Waals surface area (Å²) >= 11 is 0. The van der Waals surface area contributed by atoms with E-state index in [1.807, 2.05) is 6.11 Å². The van der Waals surface area contributed by atoms with Crippen molar-refractivity contribution in [2.75, 3.05) is 26.2 Å². The van der Waals surface area contributed by atoms with Gasteiger partial charge in [0.2, 0.25) is 10.0 Å². The highest BCUT2D eigenvalue weighted by molar-refractivity contribution is 7.89. The van der Waals surface area contributed by atoms with Gasteiger partial charge in [0.05, 0.1) is 0 Å². The Morgan fingerprint density at radius 1 is 1.21 bits per heavy atom. The monoisotopic (exact) mass is 403 g/mol. The molecule has 2 heterocycles. The lowest BCUT2D eigenvalue weighted by Gasteiger charge is -2.41. The van der Waals surface area contributed by atoms with E-state index < -0.39 is 10.0 Å². The zero-order valence-electron chi connectivity index (χ0n) is 16.0. The molecule has 0 spiro atoms. The molecule has 0 N–H and O–H groups in total. The molecule has 150 valence electrons. The Hall–Kier alpha value is -2.24. The van der Waals surface area contributed by atoms with E-state index in [1.54, 1.807) is 0 Å². The molecule has 0 bridgehead atoms. The molecule has 2 aliphatic rings. The Balaban J connectivity index is 1.76. The van der Waals surface area contributed by atoms with E-state index in [0.717, 1.165) is 31.8 Å². The van der Waals surface area contributed by atoms with Crippen molar-refractivity contribution in [3.8, 4) is 18.3 Å². The van der Waals surface area contributed by atoms with Crippen molar-refractivity contribution in [2.24, 2.45) is 11.0 Å². The first-order chi connectivity index (χ1) is 13.5. The second-order valence-corrected chi connectivity index (χ2v) is 9.30. The topological polar surface area (TPSA) is 98.6 Å². The Kier molecular flexibility index (Phi) is 6.47. The van der Waals surface area contributed by atoms with Crippen LogP contribution in [-0.4, -0.2) is 49.8 Å². The molecular formula is C19H25N5O3S. The fourth-order valence-corrected chi connectivity index (χ4v) is 5.54. The van der Waals surface area contributed by atoms with Gasteiger partial charge in [-0.1, -0.05) is 18.5 Å². The molecule has 1 aromatic rings. The Morgan fingerprint density at radius 2 is 1.89 bits per heavy atom. The van der Waals surface area contributed by atoms with Crippen molar-refractivity contribution >= 4 is 15.7 Å². The van der Waals surface area contributed by atoms with Crippen LogP contribution in [0.2, 0.25) is 0 Å². The molecule has 0 aromatic heterocycles. The number of terminal acetylenes is 1. The molecule has 9 heteroatoms. The molecule has 2 aliphatic heterocycles. The number of nitrogens with zero attached hydrogens (tertiary/aromatic N) is 5. The normalized spacial score (nSPS) is 20.3. The first-order valence-corrected chi connectivity index (χ1v) is 11.0. The molecule has 8 nitrogen and oxygen atoms in total. The fourth-order valence-electron chi connectivity index (χ4n) is 3.94. The second kappa shape index (κ2) is 8.84. The smallest absolute Gasteiger partial charge is 0.246 e. The maximum Gasteiger partial charge on any atom is 0.246 e. The van der Waals surface area contributed by atoms with E-state index in [-0.39, 0.29) is 16.3 Å². The third-order valence-corrected chi connectivity index (χ3v) is 7.55. The van der Waals surface area contributed by atoms with Crippen LogP contribution < -0.4 is 4.74 Å². The van der Waals surface area contributed by atoms with Crippen LogP contribution in [-0.2, 0) is 10.0 Å². The van der Waals surface area contributed by atoms with Gasteiger partial charge in [-0.05, 0) is 68.4 Å². The van der Waals surface area contributed by atoms with Crippen LogP contribution >= 0.6 is 0 Å². The van der Waals surface area contributed by atoms with Crippen molar-refractivity contribution in [3.05, 3.63) is 28.6 Å². The van der Waals surface area contributed by atoms with Crippen molar-refractivity contribution in [1.29, 1.82) is 0 Å². The number of rotatable bonds is 5. The Labute approximate surface area is 166 Å². The molecule has 0 amide bonds. The molecule has 2 fully saturated rings. The van der Waals surface area contributed by atoms with Crippen molar-refractivity contribution in [3.63, 3.8) is 0 Å². The summed E-state index contributed by atoms with van der Waals surface area (Å²) in [6, 6.07) is 4.61. The molecule has 0 atom stereocenters. The average Bonchev–Trinajstić information content (AvgIpc) is 2.70. The van der Waals surface area contributed by atoms with E-state index in [1.165, 1.54) is 35.3 Å². The van der Waals surface area contributed by atoms with Crippen LogP contribution in [0.5, 0.6) is 5.75 Å². The van der Waals surface area contributed by atoms with E-state index in [2.05, 4.69) is 21.8 Å². The minimum Gasteiger partial charge on any atom is -0.406 e. The molecular weight excluding hydrogens is 378 g/mol. The summed E-state index contributed by atoms with van der Waals surface area (Å²) < 4.78 is 32.9. The van der Waals surface area contributed by atoms with E-state index in [9.17, 15) is 8.42 Å². The first kappa shape index (κ1) is 20.5. The summed E-state index contributed by atoms with van der Waals surface area (Å²) in [6.45, 7) is 5.35. The highest BCUT2D eigenvalue weighted by atomic mass is 32.2. The average molecular weight is 404 g/mol. The molecule has 2 saturated heterocycles. The lowest BCUT2D eigenvalue weighted by Crippen LogP contribution is -2.48. The highest BCUT2D eigenvalue weighted by Gasteiger charge is 2.34. The molecule has 1 aromatic carbocycles. The predicted octanol–water partition coefficient (Wildman–Crippen LogP) is 3.48. The molecule has 0 saturated carbocycles. The standard InChI is InChI=1S/C19H25N5O3S/c1-3-27-18-5-4-16(21-22-20)14-19(18)28(25,26)24-12-8-17(9-13-24)23-10-6-15(2)7-11-23/h1,4-5,14-15,17H,6-13H2,2H3.